The van der Waals surface area contributed by atoms with Gasteiger partial charge in [-0.15, -0.1) is 5.11 Å². The van der Waals surface area contributed by atoms with Crippen molar-refractivity contribution in [3.05, 3.63) is 34.1 Å². The zero-order valence-corrected chi connectivity index (χ0v) is 16.8. The highest BCUT2D eigenvalue weighted by molar-refractivity contribution is 5.81. The summed E-state index contributed by atoms with van der Waals surface area (Å²) in [7, 11) is 3.29. The van der Waals surface area contributed by atoms with Gasteiger partial charge in [-0.2, -0.15) is 5.26 Å². The number of azo groups is 1. The molecule has 2 N–H and O–H groups in total. The molecule has 2 heterocycles. The summed E-state index contributed by atoms with van der Waals surface area (Å²) in [6, 6.07) is 1.85. The number of hydrogen-bond acceptors (Lipinski definition) is 9. The van der Waals surface area contributed by atoms with Gasteiger partial charge in [0, 0.05) is 14.1 Å². The van der Waals surface area contributed by atoms with E-state index < -0.39 is 5.97 Å². The van der Waals surface area contributed by atoms with Crippen molar-refractivity contribution in [3.8, 4) is 6.07 Å². The fraction of sp³-hybridized carbons (Fsp3) is 0.333. The lowest BCUT2D eigenvalue weighted by atomic mass is 10.2. The van der Waals surface area contributed by atoms with E-state index in [0.29, 0.717) is 17.2 Å². The number of nitrogens with one attached hydrogen (secondary N) is 2. The SMILES string of the molecule is [C-]#[N+]c1nc(N=Nc2c(NC)nc(NC)c([N+]#[C-])c2C)n(CC(=O)OCC)c1C#N. The van der Waals surface area contributed by atoms with Crippen molar-refractivity contribution in [1.82, 2.24) is 14.5 Å². The largest absolute Gasteiger partial charge is 0.465 e. The van der Waals surface area contributed by atoms with Crippen LogP contribution in [-0.2, 0) is 16.1 Å². The van der Waals surface area contributed by atoms with Crippen LogP contribution in [0.1, 0.15) is 18.2 Å². The van der Waals surface area contributed by atoms with Crippen molar-refractivity contribution < 1.29 is 9.53 Å². The van der Waals surface area contributed by atoms with Gasteiger partial charge in [-0.25, -0.2) is 9.83 Å². The van der Waals surface area contributed by atoms with Gasteiger partial charge < -0.3 is 20.2 Å². The van der Waals surface area contributed by atoms with Gasteiger partial charge in [-0.05, 0) is 19.4 Å². The summed E-state index contributed by atoms with van der Waals surface area (Å²) in [5.74, 6) is -0.179. The first-order valence-corrected chi connectivity index (χ1v) is 8.68. The lowest BCUT2D eigenvalue weighted by Gasteiger charge is -2.12. The maximum absolute atomic E-state index is 11.9. The zero-order chi connectivity index (χ0) is 22.3. The highest BCUT2D eigenvalue weighted by atomic mass is 16.5. The lowest BCUT2D eigenvalue weighted by molar-refractivity contribution is -0.143. The first-order valence-electron chi connectivity index (χ1n) is 8.68. The average Bonchev–Trinajstić information content (AvgIpc) is 3.08. The minimum Gasteiger partial charge on any atom is -0.465 e. The van der Waals surface area contributed by atoms with Gasteiger partial charge in [0.15, 0.2) is 11.5 Å². The summed E-state index contributed by atoms with van der Waals surface area (Å²) >= 11 is 0. The number of anilines is 2. The van der Waals surface area contributed by atoms with E-state index in [-0.39, 0.29) is 42.0 Å². The predicted molar refractivity (Wildman–Crippen MR) is 108 cm³/mol. The molecule has 0 amide bonds. The van der Waals surface area contributed by atoms with Crippen molar-refractivity contribution in [2.45, 2.75) is 20.4 Å². The van der Waals surface area contributed by atoms with E-state index in [1.165, 1.54) is 0 Å². The van der Waals surface area contributed by atoms with E-state index in [1.807, 2.05) is 6.07 Å². The zero-order valence-electron chi connectivity index (χ0n) is 16.8. The Bertz CT molecular complexity index is 1130. The van der Waals surface area contributed by atoms with Crippen LogP contribution in [0.2, 0.25) is 0 Å². The standard InChI is InChI=1S/C18H18N10O2/c1-7-30-12(29)9-28-11(8-19)15(21-4)25-18(28)27-26-14-10(2)13(20-3)16(22-5)24-17(14)23-6/h7,9H2,1-2,5-6H3,(H2,22,23,24). The van der Waals surface area contributed by atoms with Crippen LogP contribution in [-0.4, -0.2) is 41.2 Å². The Hall–Kier alpha value is -4.50. The third kappa shape index (κ3) is 4.16. The van der Waals surface area contributed by atoms with E-state index in [9.17, 15) is 10.1 Å². The molecule has 0 aliphatic rings. The molecule has 0 bridgehead atoms. The Morgan fingerprint density at radius 1 is 1.23 bits per heavy atom. The molecule has 0 saturated heterocycles. The van der Waals surface area contributed by atoms with Crippen molar-refractivity contribution in [3.63, 3.8) is 0 Å². The molecule has 2 aromatic rings. The number of aromatic nitrogens is 3. The lowest BCUT2D eigenvalue weighted by Crippen LogP contribution is -2.14. The fourth-order valence-electron chi connectivity index (χ4n) is 2.57. The Kier molecular flexibility index (Phi) is 6.99. The molecule has 152 valence electrons. The second-order valence-electron chi connectivity index (χ2n) is 5.64. The van der Waals surface area contributed by atoms with Crippen LogP contribution in [0.25, 0.3) is 9.69 Å². The van der Waals surface area contributed by atoms with Crippen molar-refractivity contribution in [2.24, 2.45) is 10.2 Å². The number of imidazole rings is 1. The number of hydrogen-bond donors (Lipinski definition) is 2. The summed E-state index contributed by atoms with van der Waals surface area (Å²) in [6.07, 6.45) is 0. The minimum absolute atomic E-state index is 0.117. The van der Waals surface area contributed by atoms with Crippen LogP contribution in [0.3, 0.4) is 0 Å². The minimum atomic E-state index is -0.609. The Labute approximate surface area is 172 Å². The number of nitrogens with zero attached hydrogens (tertiary/aromatic N) is 8. The van der Waals surface area contributed by atoms with Gasteiger partial charge in [0.1, 0.15) is 24.1 Å². The van der Waals surface area contributed by atoms with Crippen LogP contribution in [0.4, 0.5) is 34.8 Å². The van der Waals surface area contributed by atoms with Crippen LogP contribution < -0.4 is 10.6 Å². The van der Waals surface area contributed by atoms with Gasteiger partial charge in [-0.3, -0.25) is 9.36 Å². The summed E-state index contributed by atoms with van der Waals surface area (Å²) < 4.78 is 6.07. The first-order chi connectivity index (χ1) is 14.4. The van der Waals surface area contributed by atoms with Gasteiger partial charge in [0.05, 0.1) is 13.2 Å². The average molecular weight is 406 g/mol. The topological polar surface area (TPSA) is 138 Å². The predicted octanol–water partition coefficient (Wildman–Crippen LogP) is 3.62. The highest BCUT2D eigenvalue weighted by Gasteiger charge is 2.23. The highest BCUT2D eigenvalue weighted by Crippen LogP contribution is 2.39. The van der Waals surface area contributed by atoms with Crippen LogP contribution >= 0.6 is 0 Å². The van der Waals surface area contributed by atoms with E-state index in [1.54, 1.807) is 27.9 Å². The molecule has 0 aliphatic heterocycles. The molecule has 2 aromatic heterocycles. The Balaban J connectivity index is 2.62. The van der Waals surface area contributed by atoms with Crippen LogP contribution in [0.5, 0.6) is 0 Å². The fourth-order valence-corrected chi connectivity index (χ4v) is 2.57. The van der Waals surface area contributed by atoms with Crippen molar-refractivity contribution in [1.29, 1.82) is 5.26 Å². The second kappa shape index (κ2) is 9.62. The molecule has 0 atom stereocenters. The number of esters is 1. The number of rotatable bonds is 7. The molecule has 2 rings (SSSR count). The molecule has 30 heavy (non-hydrogen) atoms. The smallest absolute Gasteiger partial charge is 0.345 e. The molecule has 12 nitrogen and oxygen atoms in total. The van der Waals surface area contributed by atoms with Gasteiger partial charge in [0.2, 0.25) is 5.69 Å². The molecule has 12 heteroatoms. The molecule has 0 unspecified atom stereocenters. The second-order valence-corrected chi connectivity index (χ2v) is 5.64. The summed E-state index contributed by atoms with van der Waals surface area (Å²) in [6.45, 7) is 17.8. The van der Waals surface area contributed by atoms with Crippen LogP contribution in [0.15, 0.2) is 10.2 Å². The van der Waals surface area contributed by atoms with Crippen LogP contribution in [0, 0.1) is 31.4 Å². The van der Waals surface area contributed by atoms with E-state index in [4.69, 9.17) is 17.9 Å². The molecule has 0 radical (unpaired) electrons. The monoisotopic (exact) mass is 406 g/mol. The van der Waals surface area contributed by atoms with E-state index in [0.717, 1.165) is 4.57 Å². The van der Waals surface area contributed by atoms with Gasteiger partial charge in [0.25, 0.3) is 0 Å². The molecule has 0 saturated carbocycles. The molecular formula is C18H18N10O2. The Morgan fingerprint density at radius 3 is 2.47 bits per heavy atom. The third-order valence-electron chi connectivity index (χ3n) is 3.94. The molecule has 0 fully saturated rings. The maximum Gasteiger partial charge on any atom is 0.345 e. The number of ether oxygens (including phenoxy) is 1. The quantitative estimate of drug-likeness (QED) is 0.407. The summed E-state index contributed by atoms with van der Waals surface area (Å²) in [5, 5.41) is 23.3. The van der Waals surface area contributed by atoms with E-state index in [2.05, 4.69) is 40.5 Å². The van der Waals surface area contributed by atoms with Gasteiger partial charge >= 0.3 is 17.7 Å². The molecule has 0 aliphatic carbocycles. The molecule has 0 aromatic carbocycles. The molecular weight excluding hydrogens is 388 g/mol. The number of nitriles is 1. The third-order valence-corrected chi connectivity index (χ3v) is 3.94. The van der Waals surface area contributed by atoms with E-state index >= 15 is 0 Å². The number of carbonyl (C=O) groups is 1. The summed E-state index contributed by atoms with van der Waals surface area (Å²) in [5.41, 5.74) is 0.964. The summed E-state index contributed by atoms with van der Waals surface area (Å²) in [4.78, 5) is 26.9. The Morgan fingerprint density at radius 2 is 1.93 bits per heavy atom. The first kappa shape index (κ1) is 21.8. The number of pyridine rings is 1. The molecule has 0 spiro atoms. The maximum atomic E-state index is 11.9. The number of carbonyl (C=O) groups excluding carboxylic acids is 1. The van der Waals surface area contributed by atoms with Gasteiger partial charge in [-0.1, -0.05) is 16.7 Å². The van der Waals surface area contributed by atoms with Crippen molar-refractivity contribution in [2.75, 3.05) is 31.3 Å². The van der Waals surface area contributed by atoms with Crippen molar-refractivity contribution >= 4 is 40.7 Å². The normalized spacial score (nSPS) is 10.2.